The number of rotatable bonds is 1. The van der Waals surface area contributed by atoms with Crippen LogP contribution in [0.3, 0.4) is 0 Å². The average Bonchev–Trinajstić information content (AvgIpc) is 2.72. The van der Waals surface area contributed by atoms with Crippen LogP contribution >= 0.6 is 15.9 Å². The van der Waals surface area contributed by atoms with Gasteiger partial charge in [0, 0.05) is 4.47 Å². The minimum absolute atomic E-state index is 1.24. The van der Waals surface area contributed by atoms with Crippen molar-refractivity contribution in [2.45, 2.75) is 0 Å². The molecule has 0 saturated carbocycles. The zero-order valence-electron chi connectivity index (χ0n) is 18.8. The number of hydrogen-bond acceptors (Lipinski definition) is 0. The van der Waals surface area contributed by atoms with Crippen LogP contribution in [0.15, 0.2) is 34.8 Å². The van der Waals surface area contributed by atoms with Crippen molar-refractivity contribution in [3.63, 3.8) is 0 Å². The highest BCUT2D eigenvalue weighted by Crippen LogP contribution is 2.37. The summed E-state index contributed by atoms with van der Waals surface area (Å²) in [6.45, 7) is 0. The van der Waals surface area contributed by atoms with Gasteiger partial charge in [-0.05, 0) is 48.6 Å². The second-order valence-corrected chi connectivity index (χ2v) is 9.35. The molecule has 0 atom stereocenters. The van der Waals surface area contributed by atoms with Gasteiger partial charge in [0.2, 0.25) is 0 Å². The molecule has 29 heavy (non-hydrogen) atoms. The lowest BCUT2D eigenvalue weighted by molar-refractivity contribution is 1.69. The average molecular weight is 428 g/mol. The number of halogens is 1. The van der Waals surface area contributed by atoms with Gasteiger partial charge in [0.15, 0.2) is 0 Å². The van der Waals surface area contributed by atoms with Crippen LogP contribution in [0.1, 0.15) is 0 Å². The highest BCUT2D eigenvalue weighted by atomic mass is 79.9. The Morgan fingerprint density at radius 3 is 1.17 bits per heavy atom. The number of benzene rings is 4. The maximum atomic E-state index is 4.08. The van der Waals surface area contributed by atoms with E-state index in [9.17, 15) is 0 Å². The molecule has 132 valence electrons. The van der Waals surface area contributed by atoms with Crippen molar-refractivity contribution < 1.29 is 0 Å². The van der Waals surface area contributed by atoms with Gasteiger partial charge in [-0.1, -0.05) is 52.2 Å². The van der Waals surface area contributed by atoms with Gasteiger partial charge in [-0.25, -0.2) is 0 Å². The van der Waals surface area contributed by atoms with Crippen molar-refractivity contribution >= 4 is 144 Å². The number of fused-ring (bicyclic) bond motifs is 2. The first-order valence-electron chi connectivity index (χ1n) is 10.3. The summed E-state index contributed by atoms with van der Waals surface area (Å²) in [5.74, 6) is 0. The maximum absolute atomic E-state index is 4.08. The molecule has 4 rings (SSSR count). The molecule has 0 saturated heterocycles. The van der Waals surface area contributed by atoms with E-state index in [0.717, 1.165) is 0 Å². The summed E-state index contributed by atoms with van der Waals surface area (Å²) in [5.41, 5.74) is 13.8. The van der Waals surface area contributed by atoms with Gasteiger partial charge in [-0.15, -0.1) is 21.9 Å². The van der Waals surface area contributed by atoms with E-state index in [1.165, 1.54) is 80.8 Å². The van der Waals surface area contributed by atoms with Gasteiger partial charge in [0.05, 0.1) is 0 Å². The summed E-state index contributed by atoms with van der Waals surface area (Å²) in [5, 5.41) is 5.51. The molecule has 0 nitrogen and oxygen atoms in total. The standard InChI is InChI=1S/C20H21B8Br/c21-12-8-7(6-4-2-1-3-5-6)9-11(15(24)19(28)17(26)13(9)22)20(29)10(8)14(23)18(27)16(12)25/h1-5H,21-28H2. The Balaban J connectivity index is 2.49. The molecule has 0 aromatic heterocycles. The molecular formula is C20H21B8Br. The van der Waals surface area contributed by atoms with Gasteiger partial charge < -0.3 is 0 Å². The largest absolute Gasteiger partial charge is 0.139 e. The first-order valence-corrected chi connectivity index (χ1v) is 11.1. The minimum atomic E-state index is 1.24. The van der Waals surface area contributed by atoms with Crippen LogP contribution in [0.5, 0.6) is 0 Å². The zero-order chi connectivity index (χ0) is 21.2. The van der Waals surface area contributed by atoms with E-state index in [-0.39, 0.29) is 0 Å². The Hall–Kier alpha value is -1.60. The predicted octanol–water partition coefficient (Wildman–Crippen LogP) is -7.51. The molecule has 0 N–H and O–H groups in total. The monoisotopic (exact) mass is 428 g/mol. The van der Waals surface area contributed by atoms with E-state index >= 15 is 0 Å². The Kier molecular flexibility index (Phi) is 5.18. The summed E-state index contributed by atoms with van der Waals surface area (Å²) >= 11 is 4.08. The van der Waals surface area contributed by atoms with Crippen LogP contribution in [0, 0.1) is 0 Å². The van der Waals surface area contributed by atoms with E-state index in [2.05, 4.69) is 109 Å². The van der Waals surface area contributed by atoms with Gasteiger partial charge in [-0.2, -0.15) is 0 Å². The topological polar surface area (TPSA) is 0 Å². The van der Waals surface area contributed by atoms with Crippen molar-refractivity contribution in [2.75, 3.05) is 0 Å². The van der Waals surface area contributed by atoms with E-state index in [1.54, 1.807) is 0 Å². The lowest BCUT2D eigenvalue weighted by Crippen LogP contribution is -2.49. The van der Waals surface area contributed by atoms with Crippen LogP contribution in [-0.4, -0.2) is 62.8 Å². The van der Waals surface area contributed by atoms with Crippen molar-refractivity contribution in [1.82, 2.24) is 0 Å². The quantitative estimate of drug-likeness (QED) is 0.209. The maximum Gasteiger partial charge on any atom is 0.139 e. The molecule has 0 fully saturated rings. The second-order valence-electron chi connectivity index (χ2n) is 8.56. The molecule has 0 radical (unpaired) electrons. The van der Waals surface area contributed by atoms with Crippen LogP contribution in [0.4, 0.5) is 0 Å². The molecule has 0 heterocycles. The normalized spacial score (nSPS) is 11.3. The van der Waals surface area contributed by atoms with Crippen LogP contribution < -0.4 is 43.7 Å². The van der Waals surface area contributed by atoms with Crippen molar-refractivity contribution in [3.8, 4) is 11.1 Å². The third kappa shape index (κ3) is 2.84. The van der Waals surface area contributed by atoms with Crippen molar-refractivity contribution in [3.05, 3.63) is 34.8 Å². The fraction of sp³-hybridized carbons (Fsp3) is 0. The molecule has 0 aliphatic heterocycles. The summed E-state index contributed by atoms with van der Waals surface area (Å²) in [7, 11) is 18.2. The number of hydrogen-bond donors (Lipinski definition) is 0. The second kappa shape index (κ2) is 7.27. The molecule has 4 aromatic rings. The van der Waals surface area contributed by atoms with E-state index < -0.39 is 0 Å². The molecule has 0 amide bonds. The Bertz CT molecular complexity index is 1250. The minimum Gasteiger partial charge on any atom is -0.101 e. The molecule has 0 unspecified atom stereocenters. The van der Waals surface area contributed by atoms with Crippen molar-refractivity contribution in [2.24, 2.45) is 0 Å². The zero-order valence-corrected chi connectivity index (χ0v) is 20.4. The molecule has 4 aromatic carbocycles. The lowest BCUT2D eigenvalue weighted by atomic mass is 9.61. The summed E-state index contributed by atoms with van der Waals surface area (Å²) in [4.78, 5) is 0. The molecule has 0 spiro atoms. The smallest absolute Gasteiger partial charge is 0.101 e. The first kappa shape index (κ1) is 20.7. The van der Waals surface area contributed by atoms with Crippen molar-refractivity contribution in [1.29, 1.82) is 0 Å². The summed E-state index contributed by atoms with van der Waals surface area (Å²) in [6, 6.07) is 10.9. The third-order valence-electron chi connectivity index (χ3n) is 7.38. The molecular weight excluding hydrogens is 407 g/mol. The van der Waals surface area contributed by atoms with Gasteiger partial charge in [0.25, 0.3) is 0 Å². The van der Waals surface area contributed by atoms with Crippen LogP contribution in [0.2, 0.25) is 0 Å². The van der Waals surface area contributed by atoms with Gasteiger partial charge >= 0.3 is 0 Å². The Morgan fingerprint density at radius 2 is 0.793 bits per heavy atom. The fourth-order valence-electron chi connectivity index (χ4n) is 4.94. The Labute approximate surface area is 189 Å². The van der Waals surface area contributed by atoms with E-state index in [0.29, 0.717) is 0 Å². The predicted molar refractivity (Wildman–Crippen MR) is 160 cm³/mol. The third-order valence-corrected chi connectivity index (χ3v) is 8.17. The van der Waals surface area contributed by atoms with Gasteiger partial charge in [-0.3, -0.25) is 0 Å². The SMILES string of the molecule is Bc1c(B)c(B)c2c(-c3ccccc3)c3c(B)c(B)c(B)c(B)c3c(Br)c2c1B. The Morgan fingerprint density at radius 1 is 0.448 bits per heavy atom. The molecule has 9 heteroatoms. The van der Waals surface area contributed by atoms with Crippen LogP contribution in [0.25, 0.3) is 32.7 Å². The lowest BCUT2D eigenvalue weighted by Gasteiger charge is -2.26. The fourth-order valence-corrected chi connectivity index (χ4v) is 5.93. The first-order chi connectivity index (χ1) is 13.7. The summed E-state index contributed by atoms with van der Waals surface area (Å²) < 4.78 is 1.24. The van der Waals surface area contributed by atoms with E-state index in [1.807, 2.05) is 0 Å². The summed E-state index contributed by atoms with van der Waals surface area (Å²) in [6.07, 6.45) is 0. The van der Waals surface area contributed by atoms with Gasteiger partial charge in [0.1, 0.15) is 62.8 Å². The molecule has 0 aliphatic carbocycles. The molecule has 0 bridgehead atoms. The highest BCUT2D eigenvalue weighted by molar-refractivity contribution is 9.10. The molecule has 0 aliphatic rings. The van der Waals surface area contributed by atoms with Crippen LogP contribution in [-0.2, 0) is 0 Å². The highest BCUT2D eigenvalue weighted by Gasteiger charge is 2.22. The van der Waals surface area contributed by atoms with E-state index in [4.69, 9.17) is 0 Å².